The third kappa shape index (κ3) is 7.13. The minimum Gasteiger partial charge on any atom is -0.489 e. The maximum absolute atomic E-state index is 13.2. The zero-order chi connectivity index (χ0) is 20.6. The molecule has 0 radical (unpaired) electrons. The Hall–Kier alpha value is -2.40. The molecule has 1 aromatic heterocycles. The first-order valence-electron chi connectivity index (χ1n) is 8.99. The molecule has 1 atom stereocenters. The molecule has 2 aromatic carbocycles. The second-order valence-corrected chi connectivity index (χ2v) is 6.65. The Morgan fingerprint density at radius 2 is 2.00 bits per heavy atom. The number of halogens is 3. The summed E-state index contributed by atoms with van der Waals surface area (Å²) in [6, 6.07) is 13.2. The number of nitrogens with zero attached hydrogens (tertiary/aromatic N) is 3. The van der Waals surface area contributed by atoms with Crippen LogP contribution in [0.3, 0.4) is 0 Å². The molecule has 0 aliphatic heterocycles. The highest BCUT2D eigenvalue weighted by Crippen LogP contribution is 2.18. The van der Waals surface area contributed by atoms with Crippen molar-refractivity contribution in [2.45, 2.75) is 19.6 Å². The number of benzene rings is 2. The van der Waals surface area contributed by atoms with Crippen LogP contribution in [0.1, 0.15) is 12.8 Å². The number of rotatable bonds is 7. The number of aliphatic imine (C=N–C) groups is 1. The lowest BCUT2D eigenvalue weighted by atomic mass is 10.2. The van der Waals surface area contributed by atoms with Gasteiger partial charge in [0.15, 0.2) is 5.96 Å². The fourth-order valence-corrected chi connectivity index (χ4v) is 2.60. The SMILES string of the molecule is CN=C(NCc1nc(-c2ccc(Cl)cc2)no1)NCC(C)Oc1cccc(F)c1.I. The predicted molar refractivity (Wildman–Crippen MR) is 125 cm³/mol. The Labute approximate surface area is 196 Å². The van der Waals surface area contributed by atoms with Gasteiger partial charge in [0.1, 0.15) is 17.7 Å². The van der Waals surface area contributed by atoms with E-state index in [4.69, 9.17) is 20.9 Å². The van der Waals surface area contributed by atoms with Gasteiger partial charge < -0.3 is 19.9 Å². The van der Waals surface area contributed by atoms with E-state index in [9.17, 15) is 4.39 Å². The summed E-state index contributed by atoms with van der Waals surface area (Å²) in [6.07, 6.45) is -0.199. The average Bonchev–Trinajstić information content (AvgIpc) is 3.17. The molecule has 3 aromatic rings. The van der Waals surface area contributed by atoms with E-state index >= 15 is 0 Å². The first kappa shape index (κ1) is 23.9. The Kier molecular flexibility index (Phi) is 9.31. The third-order valence-electron chi connectivity index (χ3n) is 3.89. The first-order valence-corrected chi connectivity index (χ1v) is 9.36. The maximum Gasteiger partial charge on any atom is 0.246 e. The smallest absolute Gasteiger partial charge is 0.246 e. The van der Waals surface area contributed by atoms with E-state index < -0.39 is 0 Å². The zero-order valence-electron chi connectivity index (χ0n) is 16.4. The molecule has 30 heavy (non-hydrogen) atoms. The van der Waals surface area contributed by atoms with Gasteiger partial charge in [-0.25, -0.2) is 4.39 Å². The summed E-state index contributed by atoms with van der Waals surface area (Å²) in [5.74, 6) is 1.59. The van der Waals surface area contributed by atoms with Crippen LogP contribution in [0.5, 0.6) is 5.75 Å². The van der Waals surface area contributed by atoms with E-state index in [-0.39, 0.29) is 35.9 Å². The van der Waals surface area contributed by atoms with Gasteiger partial charge in [0.25, 0.3) is 0 Å². The summed E-state index contributed by atoms with van der Waals surface area (Å²) in [7, 11) is 1.65. The minimum absolute atomic E-state index is 0. The lowest BCUT2D eigenvalue weighted by Crippen LogP contribution is -2.41. The van der Waals surface area contributed by atoms with Crippen LogP contribution in [0.15, 0.2) is 58.0 Å². The summed E-state index contributed by atoms with van der Waals surface area (Å²) in [6.45, 7) is 2.65. The van der Waals surface area contributed by atoms with Crippen LogP contribution in [0.25, 0.3) is 11.4 Å². The number of ether oxygens (including phenoxy) is 1. The van der Waals surface area contributed by atoms with Crippen LogP contribution in [0, 0.1) is 5.82 Å². The molecule has 0 saturated heterocycles. The van der Waals surface area contributed by atoms with Crippen molar-refractivity contribution in [1.29, 1.82) is 0 Å². The quantitative estimate of drug-likeness (QED) is 0.262. The monoisotopic (exact) mass is 545 g/mol. The van der Waals surface area contributed by atoms with E-state index in [1.807, 2.05) is 19.1 Å². The normalized spacial score (nSPS) is 12.1. The second kappa shape index (κ2) is 11.7. The van der Waals surface area contributed by atoms with Gasteiger partial charge in [0.05, 0.1) is 13.1 Å². The van der Waals surface area contributed by atoms with Gasteiger partial charge >= 0.3 is 0 Å². The van der Waals surface area contributed by atoms with Crippen molar-refractivity contribution in [2.24, 2.45) is 4.99 Å². The number of nitrogens with one attached hydrogen (secondary N) is 2. The van der Waals surface area contributed by atoms with Crippen LogP contribution in [-0.4, -0.2) is 35.8 Å². The molecular weight excluding hydrogens is 524 g/mol. The van der Waals surface area contributed by atoms with Gasteiger partial charge in [0, 0.05) is 23.7 Å². The van der Waals surface area contributed by atoms with Gasteiger partial charge in [-0.3, -0.25) is 4.99 Å². The highest BCUT2D eigenvalue weighted by atomic mass is 127. The Morgan fingerprint density at radius 3 is 2.70 bits per heavy atom. The predicted octanol–water partition coefficient (Wildman–Crippen LogP) is 4.28. The standard InChI is InChI=1S/C20H21ClFN5O2.HI/c1-13(28-17-5-3-4-16(22)10-17)11-24-20(23-2)25-12-18-26-19(27-29-18)14-6-8-15(21)9-7-14;/h3-10,13H,11-12H2,1-2H3,(H2,23,24,25);1H. The van der Waals surface area contributed by atoms with Crippen LogP contribution < -0.4 is 15.4 Å². The number of aromatic nitrogens is 2. The Morgan fingerprint density at radius 1 is 1.23 bits per heavy atom. The summed E-state index contributed by atoms with van der Waals surface area (Å²) in [4.78, 5) is 8.49. The first-order chi connectivity index (χ1) is 14.0. The van der Waals surface area contributed by atoms with Crippen LogP contribution >= 0.6 is 35.6 Å². The minimum atomic E-state index is -0.335. The largest absolute Gasteiger partial charge is 0.489 e. The Bertz CT molecular complexity index is 968. The highest BCUT2D eigenvalue weighted by Gasteiger charge is 2.10. The summed E-state index contributed by atoms with van der Waals surface area (Å²) >= 11 is 5.89. The van der Waals surface area contributed by atoms with Crippen molar-refractivity contribution in [3.63, 3.8) is 0 Å². The Balaban J connectivity index is 0.00000320. The number of hydrogen-bond acceptors (Lipinski definition) is 5. The van der Waals surface area contributed by atoms with Crippen molar-refractivity contribution < 1.29 is 13.7 Å². The molecular formula is C20H22ClFIN5O2. The molecule has 1 heterocycles. The lowest BCUT2D eigenvalue weighted by molar-refractivity contribution is 0.223. The van der Waals surface area contributed by atoms with Crippen molar-refractivity contribution in [3.05, 3.63) is 65.3 Å². The van der Waals surface area contributed by atoms with E-state index in [2.05, 4.69) is 25.8 Å². The molecule has 0 aliphatic carbocycles. The molecule has 0 amide bonds. The molecule has 160 valence electrons. The molecule has 1 unspecified atom stereocenters. The van der Waals surface area contributed by atoms with Crippen molar-refractivity contribution in [3.8, 4) is 17.1 Å². The molecule has 0 bridgehead atoms. The second-order valence-electron chi connectivity index (χ2n) is 6.21. The van der Waals surface area contributed by atoms with Crippen LogP contribution in [0.4, 0.5) is 4.39 Å². The third-order valence-corrected chi connectivity index (χ3v) is 4.14. The van der Waals surface area contributed by atoms with E-state index in [1.54, 1.807) is 31.3 Å². The summed E-state index contributed by atoms with van der Waals surface area (Å²) in [5, 5.41) is 10.8. The number of hydrogen-bond donors (Lipinski definition) is 2. The van der Waals surface area contributed by atoms with Gasteiger partial charge in [-0.05, 0) is 43.3 Å². The average molecular weight is 546 g/mol. The van der Waals surface area contributed by atoms with E-state index in [0.29, 0.717) is 41.5 Å². The van der Waals surface area contributed by atoms with Gasteiger partial charge in [-0.2, -0.15) is 4.98 Å². The topological polar surface area (TPSA) is 84.6 Å². The molecule has 2 N–H and O–H groups in total. The molecule has 10 heteroatoms. The molecule has 7 nitrogen and oxygen atoms in total. The molecule has 0 aliphatic rings. The molecule has 3 rings (SSSR count). The molecule has 0 fully saturated rings. The fourth-order valence-electron chi connectivity index (χ4n) is 2.48. The lowest BCUT2D eigenvalue weighted by Gasteiger charge is -2.17. The van der Waals surface area contributed by atoms with Crippen LogP contribution in [0.2, 0.25) is 5.02 Å². The summed E-state index contributed by atoms with van der Waals surface area (Å²) < 4.78 is 24.2. The molecule has 0 saturated carbocycles. The van der Waals surface area contributed by atoms with Gasteiger partial charge in [0.2, 0.25) is 11.7 Å². The van der Waals surface area contributed by atoms with Gasteiger partial charge in [-0.15, -0.1) is 24.0 Å². The fraction of sp³-hybridized carbons (Fsp3) is 0.250. The number of guanidine groups is 1. The van der Waals surface area contributed by atoms with Crippen LogP contribution in [-0.2, 0) is 6.54 Å². The van der Waals surface area contributed by atoms with Gasteiger partial charge in [-0.1, -0.05) is 22.8 Å². The van der Waals surface area contributed by atoms with Crippen molar-refractivity contribution in [2.75, 3.05) is 13.6 Å². The zero-order valence-corrected chi connectivity index (χ0v) is 19.5. The summed E-state index contributed by atoms with van der Waals surface area (Å²) in [5.41, 5.74) is 0.815. The van der Waals surface area contributed by atoms with Crippen molar-refractivity contribution in [1.82, 2.24) is 20.8 Å². The van der Waals surface area contributed by atoms with Crippen molar-refractivity contribution >= 4 is 41.5 Å². The molecule has 0 spiro atoms. The van der Waals surface area contributed by atoms with E-state index in [0.717, 1.165) is 5.56 Å². The van der Waals surface area contributed by atoms with E-state index in [1.165, 1.54) is 12.1 Å². The maximum atomic E-state index is 13.2. The highest BCUT2D eigenvalue weighted by molar-refractivity contribution is 14.0.